The lowest BCUT2D eigenvalue weighted by molar-refractivity contribution is 0.0704. The van der Waals surface area contributed by atoms with Gasteiger partial charge >= 0.3 is 0 Å². The van der Waals surface area contributed by atoms with Gasteiger partial charge in [0.15, 0.2) is 0 Å². The summed E-state index contributed by atoms with van der Waals surface area (Å²) in [6.45, 7) is 2.12. The molecule has 0 bridgehead atoms. The molecular weight excluding hydrogens is 160 g/mol. The van der Waals surface area contributed by atoms with Crippen molar-refractivity contribution in [3.8, 4) is 0 Å². The van der Waals surface area contributed by atoms with Crippen LogP contribution in [0.3, 0.4) is 0 Å². The highest BCUT2D eigenvalue weighted by atomic mass is 19.3. The van der Waals surface area contributed by atoms with E-state index >= 15 is 0 Å². The molecule has 3 unspecified atom stereocenters. The second-order valence-electron chi connectivity index (χ2n) is 3.94. The molecule has 1 saturated carbocycles. The molecule has 0 aromatic rings. The number of rotatable bonds is 2. The van der Waals surface area contributed by atoms with Gasteiger partial charge in [0.25, 0.3) is 6.43 Å². The predicted octanol–water partition coefficient (Wildman–Crippen LogP) is 2.41. The highest BCUT2D eigenvalue weighted by Gasteiger charge is 2.29. The molecule has 1 aliphatic carbocycles. The van der Waals surface area contributed by atoms with E-state index in [1.165, 1.54) is 6.42 Å². The standard InChI is InChI=1S/C9H17F2N/c1-6-3-2-4-7(5-6)8(12)9(10)11/h6-9H,2-5,12H2,1H3. The molecule has 0 heterocycles. The maximum atomic E-state index is 12.2. The van der Waals surface area contributed by atoms with E-state index in [1.807, 2.05) is 0 Å². The first-order valence-electron chi connectivity index (χ1n) is 4.65. The lowest BCUT2D eigenvalue weighted by Crippen LogP contribution is -2.39. The van der Waals surface area contributed by atoms with Gasteiger partial charge in [0, 0.05) is 0 Å². The zero-order chi connectivity index (χ0) is 9.14. The summed E-state index contributed by atoms with van der Waals surface area (Å²) in [7, 11) is 0. The Morgan fingerprint density at radius 2 is 2.00 bits per heavy atom. The Morgan fingerprint density at radius 3 is 2.50 bits per heavy atom. The van der Waals surface area contributed by atoms with Gasteiger partial charge in [-0.1, -0.05) is 19.8 Å². The Kier molecular flexibility index (Phi) is 3.44. The van der Waals surface area contributed by atoms with Crippen LogP contribution in [-0.2, 0) is 0 Å². The van der Waals surface area contributed by atoms with Crippen molar-refractivity contribution < 1.29 is 8.78 Å². The Balaban J connectivity index is 2.40. The van der Waals surface area contributed by atoms with E-state index in [4.69, 9.17) is 5.73 Å². The molecule has 0 aromatic heterocycles. The van der Waals surface area contributed by atoms with Gasteiger partial charge in [-0.15, -0.1) is 0 Å². The van der Waals surface area contributed by atoms with Crippen molar-refractivity contribution >= 4 is 0 Å². The molecule has 3 atom stereocenters. The topological polar surface area (TPSA) is 26.0 Å². The largest absolute Gasteiger partial charge is 0.323 e. The zero-order valence-corrected chi connectivity index (χ0v) is 7.47. The average molecular weight is 177 g/mol. The van der Waals surface area contributed by atoms with Crippen LogP contribution in [0, 0.1) is 11.8 Å². The van der Waals surface area contributed by atoms with E-state index in [9.17, 15) is 8.78 Å². The van der Waals surface area contributed by atoms with Crippen LogP contribution < -0.4 is 5.73 Å². The molecule has 72 valence electrons. The molecule has 3 heteroatoms. The monoisotopic (exact) mass is 177 g/mol. The minimum atomic E-state index is -2.35. The quantitative estimate of drug-likeness (QED) is 0.688. The smallest absolute Gasteiger partial charge is 0.253 e. The second kappa shape index (κ2) is 4.17. The predicted molar refractivity (Wildman–Crippen MR) is 45.1 cm³/mol. The normalized spacial score (nSPS) is 33.8. The molecule has 0 aliphatic heterocycles. The number of alkyl halides is 2. The first-order valence-corrected chi connectivity index (χ1v) is 4.65. The van der Waals surface area contributed by atoms with E-state index in [0.717, 1.165) is 19.3 Å². The summed E-state index contributed by atoms with van der Waals surface area (Å²) in [5.41, 5.74) is 5.40. The van der Waals surface area contributed by atoms with Crippen molar-refractivity contribution in [2.24, 2.45) is 17.6 Å². The summed E-state index contributed by atoms with van der Waals surface area (Å²) in [5.74, 6) is 0.627. The van der Waals surface area contributed by atoms with Gasteiger partial charge in [-0.3, -0.25) is 0 Å². The summed E-state index contributed by atoms with van der Waals surface area (Å²) in [6.07, 6.45) is 1.65. The van der Waals surface area contributed by atoms with Crippen LogP contribution in [0.2, 0.25) is 0 Å². The molecular formula is C9H17F2N. The van der Waals surface area contributed by atoms with Crippen molar-refractivity contribution in [3.05, 3.63) is 0 Å². The SMILES string of the molecule is CC1CCCC(C(N)C(F)F)C1. The van der Waals surface area contributed by atoms with Crippen LogP contribution in [0.25, 0.3) is 0 Å². The summed E-state index contributed by atoms with van der Waals surface area (Å²) >= 11 is 0. The Labute approximate surface area is 72.3 Å². The summed E-state index contributed by atoms with van der Waals surface area (Å²) < 4.78 is 24.4. The maximum Gasteiger partial charge on any atom is 0.253 e. The van der Waals surface area contributed by atoms with Gasteiger partial charge in [-0.25, -0.2) is 8.78 Å². The molecule has 0 spiro atoms. The first kappa shape index (κ1) is 9.90. The van der Waals surface area contributed by atoms with Crippen molar-refractivity contribution in [1.29, 1.82) is 0 Å². The highest BCUT2D eigenvalue weighted by Crippen LogP contribution is 2.31. The minimum absolute atomic E-state index is 0.0498. The zero-order valence-electron chi connectivity index (χ0n) is 7.47. The van der Waals surface area contributed by atoms with E-state index < -0.39 is 12.5 Å². The summed E-state index contributed by atoms with van der Waals surface area (Å²) in [4.78, 5) is 0. The van der Waals surface area contributed by atoms with E-state index in [2.05, 4.69) is 6.92 Å². The molecule has 1 rings (SSSR count). The third-order valence-electron chi connectivity index (χ3n) is 2.81. The van der Waals surface area contributed by atoms with Crippen molar-refractivity contribution in [1.82, 2.24) is 0 Å². The number of halogens is 2. The van der Waals surface area contributed by atoms with Crippen LogP contribution in [0.15, 0.2) is 0 Å². The Hall–Kier alpha value is -0.180. The van der Waals surface area contributed by atoms with Gasteiger partial charge in [0.05, 0.1) is 6.04 Å². The fraction of sp³-hybridized carbons (Fsp3) is 1.00. The number of hydrogen-bond acceptors (Lipinski definition) is 1. The summed E-state index contributed by atoms with van der Waals surface area (Å²) in [5, 5.41) is 0. The third kappa shape index (κ3) is 2.41. The molecule has 12 heavy (non-hydrogen) atoms. The Morgan fingerprint density at radius 1 is 1.33 bits per heavy atom. The molecule has 1 fully saturated rings. The lowest BCUT2D eigenvalue weighted by Gasteiger charge is -2.30. The third-order valence-corrected chi connectivity index (χ3v) is 2.81. The van der Waals surface area contributed by atoms with Crippen LogP contribution >= 0.6 is 0 Å². The van der Waals surface area contributed by atoms with Gasteiger partial charge in [-0.05, 0) is 24.7 Å². The Bertz CT molecular complexity index is 138. The molecule has 0 aromatic carbocycles. The van der Waals surface area contributed by atoms with E-state index in [1.54, 1.807) is 0 Å². The maximum absolute atomic E-state index is 12.2. The molecule has 0 radical (unpaired) electrons. The van der Waals surface area contributed by atoms with Crippen molar-refractivity contribution in [2.45, 2.75) is 45.1 Å². The van der Waals surface area contributed by atoms with E-state index in [0.29, 0.717) is 5.92 Å². The summed E-state index contributed by atoms with van der Waals surface area (Å²) in [6, 6.07) is -0.896. The number of hydrogen-bond donors (Lipinski definition) is 1. The van der Waals surface area contributed by atoms with Crippen LogP contribution in [0.5, 0.6) is 0 Å². The fourth-order valence-corrected chi connectivity index (χ4v) is 2.04. The fourth-order valence-electron chi connectivity index (χ4n) is 2.04. The van der Waals surface area contributed by atoms with Gasteiger partial charge in [0.1, 0.15) is 0 Å². The molecule has 2 N–H and O–H groups in total. The van der Waals surface area contributed by atoms with Crippen LogP contribution in [0.4, 0.5) is 8.78 Å². The molecule has 0 amide bonds. The molecule has 1 nitrogen and oxygen atoms in total. The van der Waals surface area contributed by atoms with Crippen LogP contribution in [0.1, 0.15) is 32.6 Å². The number of nitrogens with two attached hydrogens (primary N) is 1. The van der Waals surface area contributed by atoms with Gasteiger partial charge in [-0.2, -0.15) is 0 Å². The van der Waals surface area contributed by atoms with Crippen LogP contribution in [-0.4, -0.2) is 12.5 Å². The average Bonchev–Trinajstić information content (AvgIpc) is 2.03. The van der Waals surface area contributed by atoms with Crippen molar-refractivity contribution in [2.75, 3.05) is 0 Å². The molecule has 0 saturated heterocycles. The van der Waals surface area contributed by atoms with Crippen molar-refractivity contribution in [3.63, 3.8) is 0 Å². The highest BCUT2D eigenvalue weighted by molar-refractivity contribution is 4.80. The lowest BCUT2D eigenvalue weighted by atomic mass is 9.79. The minimum Gasteiger partial charge on any atom is -0.323 e. The van der Waals surface area contributed by atoms with Gasteiger partial charge < -0.3 is 5.73 Å². The molecule has 1 aliphatic rings. The van der Waals surface area contributed by atoms with Gasteiger partial charge in [0.2, 0.25) is 0 Å². The first-order chi connectivity index (χ1) is 5.61. The second-order valence-corrected chi connectivity index (χ2v) is 3.94. The van der Waals surface area contributed by atoms with E-state index in [-0.39, 0.29) is 5.92 Å².